The predicted molar refractivity (Wildman–Crippen MR) is 212 cm³/mol. The van der Waals surface area contributed by atoms with E-state index in [9.17, 15) is 10.2 Å². The summed E-state index contributed by atoms with van der Waals surface area (Å²) >= 11 is -0.247. The Morgan fingerprint density at radius 2 is 0.918 bits per heavy atom. The zero-order valence-corrected chi connectivity index (χ0v) is 35.6. The van der Waals surface area contributed by atoms with E-state index in [1.54, 1.807) is 0 Å². The Morgan fingerprint density at radius 3 is 1.27 bits per heavy atom. The number of phenolic OH excluding ortho intramolecular Hbond substituents is 2. The third-order valence-corrected chi connectivity index (χ3v) is 29.0. The summed E-state index contributed by atoms with van der Waals surface area (Å²) in [6.07, 6.45) is 20.8. The fourth-order valence-corrected chi connectivity index (χ4v) is 30.4. The average molecular weight is 741 g/mol. The molecule has 3 fully saturated rings. The first-order valence-electron chi connectivity index (χ1n) is 20.0. The van der Waals surface area contributed by atoms with Crippen LogP contribution in [0, 0.1) is 0 Å². The number of aromatic hydroxyl groups is 2. The Hall–Kier alpha value is -0.546. The molecule has 4 atom stereocenters. The van der Waals surface area contributed by atoms with E-state index in [-0.39, 0.29) is 37.1 Å². The van der Waals surface area contributed by atoms with Crippen LogP contribution in [-0.4, -0.2) is 20.7 Å². The monoisotopic (exact) mass is 740 g/mol. The quantitative estimate of drug-likeness (QED) is 0.290. The van der Waals surface area contributed by atoms with Crippen molar-refractivity contribution in [3.63, 3.8) is 0 Å². The van der Waals surface area contributed by atoms with Crippen LogP contribution in [0.4, 0.5) is 0 Å². The van der Waals surface area contributed by atoms with Gasteiger partial charge in [0, 0.05) is 0 Å². The minimum absolute atomic E-state index is 0.0621. The van der Waals surface area contributed by atoms with Crippen molar-refractivity contribution < 1.29 is 25.7 Å². The molecule has 2 aromatic rings. The molecular formula is C44H68O2S2Ti. The summed E-state index contributed by atoms with van der Waals surface area (Å²) in [5.41, 5.74) is 8.13. The summed E-state index contributed by atoms with van der Waals surface area (Å²) < 4.78 is 0. The molecule has 2 N–H and O–H groups in total. The molecule has 0 bridgehead atoms. The van der Waals surface area contributed by atoms with Gasteiger partial charge in [-0.3, -0.25) is 0 Å². The second-order valence-corrected chi connectivity index (χ2v) is 30.5. The molecule has 6 rings (SSSR count). The van der Waals surface area contributed by atoms with Gasteiger partial charge < -0.3 is 0 Å². The van der Waals surface area contributed by atoms with Gasteiger partial charge >= 0.3 is 313 Å². The van der Waals surface area contributed by atoms with Crippen LogP contribution < -0.4 is 0 Å². The Morgan fingerprint density at radius 1 is 0.571 bits per heavy atom. The first kappa shape index (κ1) is 38.2. The van der Waals surface area contributed by atoms with Crippen molar-refractivity contribution in [2.75, 3.05) is 0 Å². The van der Waals surface area contributed by atoms with E-state index < -0.39 is 0 Å². The molecule has 3 saturated carbocycles. The predicted octanol–water partition coefficient (Wildman–Crippen LogP) is 13.4. The SMILES string of the molecule is CC(C)(C)c1cc(C[S]2=[Ti]=[S](Cc3cc(C(C)(C)C)cc(C4(C)CCCCC4)c3O)[C@H]3CCCCCCC32)c(O)c(C2(C)CCCCC2)c1. The first-order valence-corrected chi connectivity index (χ1v) is 26.7. The van der Waals surface area contributed by atoms with Crippen LogP contribution in [0.15, 0.2) is 24.3 Å². The van der Waals surface area contributed by atoms with E-state index in [0.717, 1.165) is 22.0 Å². The first-order chi connectivity index (χ1) is 23.1. The summed E-state index contributed by atoms with van der Waals surface area (Å²) in [5.74, 6) is 3.46. The van der Waals surface area contributed by atoms with Crippen LogP contribution in [-0.2, 0) is 48.6 Å². The van der Waals surface area contributed by atoms with Crippen LogP contribution in [0.25, 0.3) is 0 Å². The van der Waals surface area contributed by atoms with Gasteiger partial charge in [0.25, 0.3) is 0 Å². The van der Waals surface area contributed by atoms with Gasteiger partial charge in [-0.05, 0) is 0 Å². The van der Waals surface area contributed by atoms with Crippen molar-refractivity contribution in [3.8, 4) is 11.5 Å². The Kier molecular flexibility index (Phi) is 11.7. The van der Waals surface area contributed by atoms with Gasteiger partial charge in [-0.1, -0.05) is 0 Å². The normalized spacial score (nSPS) is 27.3. The number of hydrogen-bond acceptors (Lipinski definition) is 2. The van der Waals surface area contributed by atoms with Crippen molar-refractivity contribution in [2.24, 2.45) is 0 Å². The van der Waals surface area contributed by atoms with E-state index in [2.05, 4.69) is 79.7 Å². The topological polar surface area (TPSA) is 40.5 Å². The molecule has 49 heavy (non-hydrogen) atoms. The molecule has 3 aliphatic carbocycles. The van der Waals surface area contributed by atoms with Crippen LogP contribution in [0.2, 0.25) is 0 Å². The van der Waals surface area contributed by atoms with E-state index in [1.165, 1.54) is 136 Å². The molecule has 2 aromatic carbocycles. The standard InChI is InChI=1S/C44H68O2S2.Ti/c1-41(2,3)33-25-31(39(45)35(27-33)43(7)21-15-11-16-22-43)29-47-37-19-13-9-10-14-20-38(37)48-30-32-26-34(42(4,5)6)28-36(40(32)46)44(8)23-17-12-18-24-44;/h25-28,37-38,45-46H,9-24,29-30H2,1-8H3;/t37-,38?;/m0./s1. The summed E-state index contributed by atoms with van der Waals surface area (Å²) in [5, 5.41) is 25.9. The van der Waals surface area contributed by atoms with Gasteiger partial charge in [-0.2, -0.15) is 0 Å². The van der Waals surface area contributed by atoms with Crippen molar-refractivity contribution >= 4 is 15.9 Å². The molecule has 0 amide bonds. The second kappa shape index (κ2) is 15.1. The molecule has 1 aliphatic heterocycles. The van der Waals surface area contributed by atoms with Crippen molar-refractivity contribution in [1.29, 1.82) is 0 Å². The Labute approximate surface area is 310 Å². The van der Waals surface area contributed by atoms with Gasteiger partial charge in [0.2, 0.25) is 0 Å². The van der Waals surface area contributed by atoms with Crippen LogP contribution >= 0.6 is 15.9 Å². The fourth-order valence-electron chi connectivity index (χ4n) is 9.53. The fraction of sp³-hybridized carbons (Fsp3) is 0.727. The molecule has 3 unspecified atom stereocenters. The zero-order valence-electron chi connectivity index (χ0n) is 32.4. The Bertz CT molecular complexity index is 1470. The number of phenols is 2. The third-order valence-electron chi connectivity index (χ3n) is 13.0. The van der Waals surface area contributed by atoms with Crippen molar-refractivity contribution in [3.05, 3.63) is 57.6 Å². The van der Waals surface area contributed by atoms with Crippen LogP contribution in [0.3, 0.4) is 0 Å². The molecule has 5 heteroatoms. The maximum absolute atomic E-state index is 12.2. The molecule has 2 nitrogen and oxygen atoms in total. The summed E-state index contributed by atoms with van der Waals surface area (Å²) in [6, 6.07) is 9.65. The minimum atomic E-state index is -0.247. The second-order valence-electron chi connectivity index (χ2n) is 19.1. The van der Waals surface area contributed by atoms with E-state index in [4.69, 9.17) is 0 Å². The van der Waals surface area contributed by atoms with Crippen LogP contribution in [0.5, 0.6) is 11.5 Å². The van der Waals surface area contributed by atoms with Gasteiger partial charge in [-0.15, -0.1) is 0 Å². The van der Waals surface area contributed by atoms with Gasteiger partial charge in [0.05, 0.1) is 0 Å². The summed E-state index contributed by atoms with van der Waals surface area (Å²) in [4.78, 5) is 0. The zero-order chi connectivity index (χ0) is 35.2. The number of rotatable bonds is 6. The Balaban J connectivity index is 1.44. The van der Waals surface area contributed by atoms with E-state index in [0.29, 0.717) is 27.4 Å². The summed E-state index contributed by atoms with van der Waals surface area (Å²) in [7, 11) is 0.719. The molecule has 4 aliphatic rings. The molecule has 0 spiro atoms. The molecule has 272 valence electrons. The molecule has 1 heterocycles. The number of benzene rings is 2. The van der Waals surface area contributed by atoms with Crippen molar-refractivity contribution in [2.45, 2.75) is 202 Å². The molecule has 0 radical (unpaired) electrons. The van der Waals surface area contributed by atoms with Gasteiger partial charge in [-0.25, -0.2) is 0 Å². The van der Waals surface area contributed by atoms with Crippen LogP contribution in [0.1, 0.15) is 192 Å². The average Bonchev–Trinajstić information content (AvgIpc) is 3.32. The number of fused-ring (bicyclic) bond motifs is 1. The molecular weight excluding hydrogens is 672 g/mol. The third kappa shape index (κ3) is 8.34. The van der Waals surface area contributed by atoms with Gasteiger partial charge in [0.1, 0.15) is 0 Å². The van der Waals surface area contributed by atoms with Crippen molar-refractivity contribution in [1.82, 2.24) is 0 Å². The molecule has 0 aromatic heterocycles. The number of hydrogen-bond donors (Lipinski definition) is 2. The van der Waals surface area contributed by atoms with E-state index in [1.807, 2.05) is 0 Å². The maximum atomic E-state index is 12.2. The summed E-state index contributed by atoms with van der Waals surface area (Å²) in [6.45, 7) is 19.0. The van der Waals surface area contributed by atoms with E-state index >= 15 is 0 Å². The molecule has 0 saturated heterocycles. The van der Waals surface area contributed by atoms with Gasteiger partial charge in [0.15, 0.2) is 0 Å².